The monoisotopic (exact) mass is 351 g/mol. The summed E-state index contributed by atoms with van der Waals surface area (Å²) in [6, 6.07) is 7.24. The number of carboxylic acid groups (broad SMARTS) is 1. The Morgan fingerprint density at radius 2 is 1.62 bits per heavy atom. The molecule has 0 aliphatic heterocycles. The third-order valence-corrected chi connectivity index (χ3v) is 4.56. The third kappa shape index (κ3) is 3.73. The predicted molar refractivity (Wildman–Crippen MR) is 85.0 cm³/mol. The molecule has 0 spiro atoms. The minimum absolute atomic E-state index is 0.225. The van der Waals surface area contributed by atoms with Crippen LogP contribution in [0, 0.1) is 11.8 Å². The van der Waals surface area contributed by atoms with Gasteiger partial charge in [-0.3, -0.25) is 9.59 Å². The molecule has 2 atom stereocenters. The lowest BCUT2D eigenvalue weighted by Gasteiger charge is -2.29. The van der Waals surface area contributed by atoms with E-state index < -0.39 is 17.8 Å². The molecule has 0 heterocycles. The van der Waals surface area contributed by atoms with Gasteiger partial charge < -0.3 is 10.4 Å². The van der Waals surface area contributed by atoms with Crippen LogP contribution in [0.1, 0.15) is 26.7 Å². The molecule has 112 valence electrons. The number of hydrogen-bond acceptors (Lipinski definition) is 2. The largest absolute Gasteiger partial charge is 0.481 e. The fourth-order valence-corrected chi connectivity index (χ4v) is 2.86. The fraction of sp³-hybridized carbons (Fsp3) is 0.375. The van der Waals surface area contributed by atoms with Gasteiger partial charge in [-0.1, -0.05) is 27.1 Å². The van der Waals surface area contributed by atoms with E-state index in [-0.39, 0.29) is 5.91 Å². The molecule has 1 aromatic rings. The van der Waals surface area contributed by atoms with E-state index in [1.807, 2.05) is 26.0 Å². The van der Waals surface area contributed by atoms with Crippen LogP contribution in [0.3, 0.4) is 0 Å². The lowest BCUT2D eigenvalue weighted by molar-refractivity contribution is -0.146. The molecule has 0 bridgehead atoms. The predicted octanol–water partition coefficient (Wildman–Crippen LogP) is 3.83. The number of nitrogens with one attached hydrogen (secondary N) is 1. The van der Waals surface area contributed by atoms with Gasteiger partial charge in [0.2, 0.25) is 5.91 Å². The fourth-order valence-electron chi connectivity index (χ4n) is 2.60. The minimum Gasteiger partial charge on any atom is -0.481 e. The number of benzene rings is 1. The summed E-state index contributed by atoms with van der Waals surface area (Å²) in [5, 5.41) is 12.2. The van der Waals surface area contributed by atoms with E-state index in [9.17, 15) is 14.7 Å². The molecular formula is C16H18BrNO3. The van der Waals surface area contributed by atoms with Crippen LogP contribution in [0.25, 0.3) is 0 Å². The van der Waals surface area contributed by atoms with Crippen molar-refractivity contribution in [3.63, 3.8) is 0 Å². The number of carbonyl (C=O) groups is 2. The molecule has 1 amide bonds. The quantitative estimate of drug-likeness (QED) is 0.813. The molecule has 1 aliphatic carbocycles. The van der Waals surface area contributed by atoms with Gasteiger partial charge in [0.25, 0.3) is 0 Å². The van der Waals surface area contributed by atoms with Gasteiger partial charge >= 0.3 is 5.97 Å². The molecule has 2 rings (SSSR count). The molecule has 0 saturated heterocycles. The van der Waals surface area contributed by atoms with Crippen LogP contribution in [0.15, 0.2) is 39.9 Å². The van der Waals surface area contributed by atoms with Gasteiger partial charge in [0.15, 0.2) is 0 Å². The van der Waals surface area contributed by atoms with Crippen LogP contribution in [0.5, 0.6) is 0 Å². The van der Waals surface area contributed by atoms with Crippen molar-refractivity contribution >= 4 is 33.5 Å². The Labute approximate surface area is 132 Å². The van der Waals surface area contributed by atoms with Crippen molar-refractivity contribution < 1.29 is 14.7 Å². The summed E-state index contributed by atoms with van der Waals surface area (Å²) in [7, 11) is 0. The number of aliphatic carboxylic acids is 1. The molecule has 1 aromatic carbocycles. The Bertz CT molecular complexity index is 592. The summed E-state index contributed by atoms with van der Waals surface area (Å²) in [5.74, 6) is -2.30. The van der Waals surface area contributed by atoms with Crippen molar-refractivity contribution in [3.05, 3.63) is 39.9 Å². The summed E-state index contributed by atoms with van der Waals surface area (Å²) in [4.78, 5) is 23.8. The number of carboxylic acids is 1. The zero-order valence-corrected chi connectivity index (χ0v) is 13.6. The topological polar surface area (TPSA) is 66.4 Å². The maximum Gasteiger partial charge on any atom is 0.307 e. The van der Waals surface area contributed by atoms with Crippen LogP contribution in [0.2, 0.25) is 0 Å². The maximum absolute atomic E-state index is 12.4. The van der Waals surface area contributed by atoms with Crippen molar-refractivity contribution in [2.75, 3.05) is 5.32 Å². The van der Waals surface area contributed by atoms with Gasteiger partial charge in [0.05, 0.1) is 11.8 Å². The lowest BCUT2D eigenvalue weighted by Crippen LogP contribution is -2.36. The van der Waals surface area contributed by atoms with Gasteiger partial charge in [-0.25, -0.2) is 0 Å². The van der Waals surface area contributed by atoms with Crippen LogP contribution in [-0.2, 0) is 9.59 Å². The van der Waals surface area contributed by atoms with Gasteiger partial charge in [0.1, 0.15) is 0 Å². The smallest absolute Gasteiger partial charge is 0.307 e. The highest BCUT2D eigenvalue weighted by molar-refractivity contribution is 9.10. The molecular weight excluding hydrogens is 334 g/mol. The standard InChI is InChI=1S/C16H18BrNO3/c1-9-7-13(14(16(20)21)8-10(9)2)15(19)18-12-5-3-11(17)4-6-12/h3-6,13-14H,7-8H2,1-2H3,(H,18,19)(H,20,21). The molecule has 2 unspecified atom stereocenters. The first-order chi connectivity index (χ1) is 9.88. The highest BCUT2D eigenvalue weighted by Gasteiger charge is 2.37. The van der Waals surface area contributed by atoms with E-state index in [4.69, 9.17) is 0 Å². The average molecular weight is 352 g/mol. The van der Waals surface area contributed by atoms with E-state index in [0.717, 1.165) is 15.6 Å². The van der Waals surface area contributed by atoms with E-state index in [1.165, 1.54) is 0 Å². The number of anilines is 1. The van der Waals surface area contributed by atoms with Crippen molar-refractivity contribution in [1.82, 2.24) is 0 Å². The van der Waals surface area contributed by atoms with E-state index in [0.29, 0.717) is 18.5 Å². The van der Waals surface area contributed by atoms with Gasteiger partial charge in [-0.2, -0.15) is 0 Å². The number of halogens is 1. The molecule has 2 N–H and O–H groups in total. The van der Waals surface area contributed by atoms with E-state index in [2.05, 4.69) is 21.2 Å². The number of hydrogen-bond donors (Lipinski definition) is 2. The summed E-state index contributed by atoms with van der Waals surface area (Å²) >= 11 is 3.33. The second-order valence-corrected chi connectivity index (χ2v) is 6.43. The van der Waals surface area contributed by atoms with E-state index in [1.54, 1.807) is 12.1 Å². The molecule has 1 aliphatic rings. The van der Waals surface area contributed by atoms with Crippen LogP contribution >= 0.6 is 15.9 Å². The molecule has 0 fully saturated rings. The summed E-state index contributed by atoms with van der Waals surface area (Å²) in [6.45, 7) is 3.90. The van der Waals surface area contributed by atoms with Crippen molar-refractivity contribution in [1.29, 1.82) is 0 Å². The minimum atomic E-state index is -0.905. The zero-order valence-electron chi connectivity index (χ0n) is 12.0. The highest BCUT2D eigenvalue weighted by Crippen LogP contribution is 2.35. The Kier molecular flexibility index (Phi) is 4.83. The Morgan fingerprint density at radius 1 is 1.10 bits per heavy atom. The van der Waals surface area contributed by atoms with Gasteiger partial charge in [-0.15, -0.1) is 0 Å². The molecule has 21 heavy (non-hydrogen) atoms. The average Bonchev–Trinajstić information content (AvgIpc) is 2.43. The number of rotatable bonds is 3. The summed E-state index contributed by atoms with van der Waals surface area (Å²) in [6.07, 6.45) is 0.949. The second kappa shape index (κ2) is 6.43. The van der Waals surface area contributed by atoms with E-state index >= 15 is 0 Å². The normalized spacial score (nSPS) is 22.0. The first kappa shape index (κ1) is 15.8. The number of carbonyl (C=O) groups excluding carboxylic acids is 1. The zero-order chi connectivity index (χ0) is 15.6. The first-order valence-electron chi connectivity index (χ1n) is 6.83. The van der Waals surface area contributed by atoms with Crippen molar-refractivity contribution in [2.45, 2.75) is 26.7 Å². The van der Waals surface area contributed by atoms with Gasteiger partial charge in [-0.05, 0) is 51.0 Å². The Morgan fingerprint density at radius 3 is 2.14 bits per heavy atom. The van der Waals surface area contributed by atoms with Gasteiger partial charge in [0, 0.05) is 10.2 Å². The molecule has 0 saturated carbocycles. The van der Waals surface area contributed by atoms with Crippen molar-refractivity contribution in [3.8, 4) is 0 Å². The molecule has 0 radical (unpaired) electrons. The Balaban J connectivity index is 2.16. The van der Waals surface area contributed by atoms with Crippen LogP contribution < -0.4 is 5.32 Å². The van der Waals surface area contributed by atoms with Crippen LogP contribution in [0.4, 0.5) is 5.69 Å². The highest BCUT2D eigenvalue weighted by atomic mass is 79.9. The van der Waals surface area contributed by atoms with Crippen molar-refractivity contribution in [2.24, 2.45) is 11.8 Å². The summed E-state index contributed by atoms with van der Waals surface area (Å²) in [5.41, 5.74) is 2.87. The first-order valence-corrected chi connectivity index (χ1v) is 7.62. The molecule has 4 nitrogen and oxygen atoms in total. The molecule has 5 heteroatoms. The summed E-state index contributed by atoms with van der Waals surface area (Å²) < 4.78 is 0.927. The lowest BCUT2D eigenvalue weighted by atomic mass is 9.76. The number of allylic oxidation sites excluding steroid dienone is 2. The molecule has 0 aromatic heterocycles. The Hall–Kier alpha value is -1.62. The van der Waals surface area contributed by atoms with Crippen LogP contribution in [-0.4, -0.2) is 17.0 Å². The maximum atomic E-state index is 12.4. The SMILES string of the molecule is CC1=C(C)CC(C(=O)Nc2ccc(Br)cc2)C(C(=O)O)C1. The second-order valence-electron chi connectivity index (χ2n) is 5.52. The third-order valence-electron chi connectivity index (χ3n) is 4.03. The number of amides is 1.